The number of phenolic OH excluding ortho intramolecular Hbond substituents is 2. The molecular weight excluding hydrogens is 276 g/mol. The Kier molecular flexibility index (Phi) is 3.81. The van der Waals surface area contributed by atoms with Crippen LogP contribution in [0.4, 0.5) is 0 Å². The molecule has 0 unspecified atom stereocenters. The monoisotopic (exact) mass is 290 g/mol. The van der Waals surface area contributed by atoms with Gasteiger partial charge in [-0.1, -0.05) is 6.08 Å². The minimum Gasteiger partial charge on any atom is -0.508 e. The number of benzene rings is 2. The van der Waals surface area contributed by atoms with Crippen molar-refractivity contribution in [1.29, 1.82) is 0 Å². The molecule has 104 valence electrons. The molecular formula is C15H14O4S. The van der Waals surface area contributed by atoms with Crippen LogP contribution < -0.4 is 0 Å². The highest BCUT2D eigenvalue weighted by molar-refractivity contribution is 7.91. The van der Waals surface area contributed by atoms with Crippen LogP contribution in [0, 0.1) is 0 Å². The predicted octanol–water partition coefficient (Wildman–Crippen LogP) is 2.66. The van der Waals surface area contributed by atoms with Crippen LogP contribution in [0.1, 0.15) is 5.56 Å². The Morgan fingerprint density at radius 3 is 2.20 bits per heavy atom. The van der Waals surface area contributed by atoms with Crippen molar-refractivity contribution in [1.82, 2.24) is 0 Å². The van der Waals surface area contributed by atoms with Gasteiger partial charge in [0.1, 0.15) is 11.5 Å². The van der Waals surface area contributed by atoms with Gasteiger partial charge in [0, 0.05) is 0 Å². The highest BCUT2D eigenvalue weighted by Crippen LogP contribution is 2.27. The average Bonchev–Trinajstić information content (AvgIpc) is 2.42. The van der Waals surface area contributed by atoms with E-state index >= 15 is 0 Å². The van der Waals surface area contributed by atoms with E-state index in [-0.39, 0.29) is 21.3 Å². The number of allylic oxidation sites excluding steroid dienone is 1. The molecule has 0 fully saturated rings. The van der Waals surface area contributed by atoms with Crippen molar-refractivity contribution >= 4 is 9.84 Å². The highest BCUT2D eigenvalue weighted by atomic mass is 32.2. The second-order valence-electron chi connectivity index (χ2n) is 4.28. The van der Waals surface area contributed by atoms with Crippen molar-refractivity contribution in [2.45, 2.75) is 16.2 Å². The smallest absolute Gasteiger partial charge is 0.206 e. The zero-order valence-corrected chi connectivity index (χ0v) is 11.5. The molecule has 0 spiro atoms. The molecule has 2 aromatic carbocycles. The van der Waals surface area contributed by atoms with Crippen molar-refractivity contribution < 1.29 is 18.6 Å². The summed E-state index contributed by atoms with van der Waals surface area (Å²) in [4.78, 5) is 0.184. The molecule has 5 heteroatoms. The van der Waals surface area contributed by atoms with E-state index in [1.165, 1.54) is 42.5 Å². The molecule has 0 saturated carbocycles. The maximum absolute atomic E-state index is 12.4. The quantitative estimate of drug-likeness (QED) is 0.849. The van der Waals surface area contributed by atoms with Gasteiger partial charge in [-0.3, -0.25) is 0 Å². The molecule has 0 aliphatic heterocycles. The third kappa shape index (κ3) is 2.67. The van der Waals surface area contributed by atoms with Crippen LogP contribution in [0.5, 0.6) is 11.5 Å². The van der Waals surface area contributed by atoms with Gasteiger partial charge in [-0.15, -0.1) is 6.58 Å². The molecule has 0 aliphatic carbocycles. The number of sulfone groups is 1. The third-order valence-electron chi connectivity index (χ3n) is 2.87. The Balaban J connectivity index is 2.51. The first-order valence-electron chi connectivity index (χ1n) is 5.92. The average molecular weight is 290 g/mol. The fourth-order valence-corrected chi connectivity index (χ4v) is 3.12. The summed E-state index contributed by atoms with van der Waals surface area (Å²) in [6, 6.07) is 9.45. The summed E-state index contributed by atoms with van der Waals surface area (Å²) in [6.45, 7) is 3.57. The topological polar surface area (TPSA) is 74.6 Å². The molecule has 0 saturated heterocycles. The lowest BCUT2D eigenvalue weighted by atomic mass is 10.1. The van der Waals surface area contributed by atoms with Gasteiger partial charge in [0.15, 0.2) is 0 Å². The van der Waals surface area contributed by atoms with E-state index in [9.17, 15) is 18.6 Å². The van der Waals surface area contributed by atoms with Gasteiger partial charge in [0.05, 0.1) is 9.79 Å². The second kappa shape index (κ2) is 5.38. The zero-order valence-electron chi connectivity index (χ0n) is 10.7. The lowest BCUT2D eigenvalue weighted by Crippen LogP contribution is -2.02. The molecule has 0 aliphatic rings. The lowest BCUT2D eigenvalue weighted by Gasteiger charge is -2.08. The largest absolute Gasteiger partial charge is 0.508 e. The van der Waals surface area contributed by atoms with Crippen LogP contribution in [0.3, 0.4) is 0 Å². The Morgan fingerprint density at radius 1 is 1.00 bits per heavy atom. The summed E-state index contributed by atoms with van der Waals surface area (Å²) in [5, 5.41) is 18.9. The third-order valence-corrected chi connectivity index (χ3v) is 4.64. The molecule has 0 aromatic heterocycles. The number of aromatic hydroxyl groups is 2. The van der Waals surface area contributed by atoms with Crippen LogP contribution in [0.15, 0.2) is 64.9 Å². The number of phenols is 2. The zero-order chi connectivity index (χ0) is 14.8. The number of rotatable bonds is 4. The van der Waals surface area contributed by atoms with E-state index < -0.39 is 9.84 Å². The predicted molar refractivity (Wildman–Crippen MR) is 75.6 cm³/mol. The standard InChI is InChI=1S/C15H14O4S/c1-2-3-11-10-14(8-9-15(11)17)20(18,19)13-6-4-12(16)5-7-13/h2,4-10,16-17H,1,3H2. The van der Waals surface area contributed by atoms with E-state index in [0.29, 0.717) is 12.0 Å². The summed E-state index contributed by atoms with van der Waals surface area (Å²) >= 11 is 0. The summed E-state index contributed by atoms with van der Waals surface area (Å²) in [7, 11) is -3.67. The van der Waals surface area contributed by atoms with E-state index in [1.54, 1.807) is 6.08 Å². The molecule has 0 amide bonds. The summed E-state index contributed by atoms with van der Waals surface area (Å²) in [5.74, 6) is 0.0385. The first-order valence-corrected chi connectivity index (χ1v) is 7.40. The summed E-state index contributed by atoms with van der Waals surface area (Å²) < 4.78 is 24.8. The van der Waals surface area contributed by atoms with Gasteiger partial charge in [-0.25, -0.2) is 8.42 Å². The van der Waals surface area contributed by atoms with Crippen LogP contribution in [0.25, 0.3) is 0 Å². The van der Waals surface area contributed by atoms with Gasteiger partial charge in [-0.2, -0.15) is 0 Å². The van der Waals surface area contributed by atoms with E-state index in [2.05, 4.69) is 6.58 Å². The van der Waals surface area contributed by atoms with Crippen molar-refractivity contribution in [2.75, 3.05) is 0 Å². The van der Waals surface area contributed by atoms with Crippen LogP contribution in [0.2, 0.25) is 0 Å². The Morgan fingerprint density at radius 2 is 1.60 bits per heavy atom. The van der Waals surface area contributed by atoms with Gasteiger partial charge in [-0.05, 0) is 54.4 Å². The van der Waals surface area contributed by atoms with Gasteiger partial charge < -0.3 is 10.2 Å². The molecule has 0 atom stereocenters. The molecule has 2 rings (SSSR count). The molecule has 0 radical (unpaired) electrons. The fraction of sp³-hybridized carbons (Fsp3) is 0.0667. The molecule has 20 heavy (non-hydrogen) atoms. The van der Waals surface area contributed by atoms with E-state index in [4.69, 9.17) is 0 Å². The molecule has 2 N–H and O–H groups in total. The van der Waals surface area contributed by atoms with E-state index in [1.807, 2.05) is 0 Å². The van der Waals surface area contributed by atoms with Gasteiger partial charge in [0.2, 0.25) is 9.84 Å². The van der Waals surface area contributed by atoms with Crippen molar-refractivity contribution in [3.05, 3.63) is 60.7 Å². The maximum atomic E-state index is 12.4. The van der Waals surface area contributed by atoms with Crippen LogP contribution >= 0.6 is 0 Å². The van der Waals surface area contributed by atoms with Crippen LogP contribution in [-0.2, 0) is 16.3 Å². The normalized spacial score (nSPS) is 11.2. The Bertz CT molecular complexity index is 731. The van der Waals surface area contributed by atoms with Gasteiger partial charge >= 0.3 is 0 Å². The Hall–Kier alpha value is -2.27. The fourth-order valence-electron chi connectivity index (χ4n) is 1.81. The molecule has 2 aromatic rings. The second-order valence-corrected chi connectivity index (χ2v) is 6.23. The lowest BCUT2D eigenvalue weighted by molar-refractivity contribution is 0.469. The minimum atomic E-state index is -3.67. The first-order chi connectivity index (χ1) is 9.45. The SMILES string of the molecule is C=CCc1cc(S(=O)(=O)c2ccc(O)cc2)ccc1O. The summed E-state index contributed by atoms with van der Waals surface area (Å²) in [5.41, 5.74) is 0.500. The van der Waals surface area contributed by atoms with Crippen LogP contribution in [-0.4, -0.2) is 18.6 Å². The van der Waals surface area contributed by atoms with Crippen molar-refractivity contribution in [3.8, 4) is 11.5 Å². The Labute approximate surface area is 117 Å². The minimum absolute atomic E-state index is 0.00185. The number of hydrogen-bond acceptors (Lipinski definition) is 4. The van der Waals surface area contributed by atoms with Gasteiger partial charge in [0.25, 0.3) is 0 Å². The first kappa shape index (κ1) is 14.1. The van der Waals surface area contributed by atoms with Crippen molar-refractivity contribution in [3.63, 3.8) is 0 Å². The molecule has 4 nitrogen and oxygen atoms in total. The highest BCUT2D eigenvalue weighted by Gasteiger charge is 2.18. The molecule has 0 heterocycles. The maximum Gasteiger partial charge on any atom is 0.206 e. The van der Waals surface area contributed by atoms with Crippen molar-refractivity contribution in [2.24, 2.45) is 0 Å². The summed E-state index contributed by atoms with van der Waals surface area (Å²) in [6.07, 6.45) is 1.97. The van der Waals surface area contributed by atoms with E-state index in [0.717, 1.165) is 0 Å². The number of hydrogen-bond donors (Lipinski definition) is 2. The molecule has 0 bridgehead atoms.